The van der Waals surface area contributed by atoms with Crippen LogP contribution in [0.3, 0.4) is 0 Å². The number of aromatic nitrogens is 3. The molecule has 0 aliphatic heterocycles. The van der Waals surface area contributed by atoms with E-state index >= 15 is 0 Å². The Hall–Kier alpha value is -3.07. The molecule has 1 atom stereocenters. The number of pyridine rings is 1. The Balaban J connectivity index is 1.80. The second kappa shape index (κ2) is 7.16. The Morgan fingerprint density at radius 1 is 1.32 bits per heavy atom. The number of aliphatic hydroxyl groups excluding tert-OH is 1. The van der Waals surface area contributed by atoms with Gasteiger partial charge in [-0.05, 0) is 38.0 Å². The van der Waals surface area contributed by atoms with Crippen molar-refractivity contribution in [1.82, 2.24) is 14.5 Å². The minimum atomic E-state index is -0.929. The number of rotatable bonds is 6. The predicted molar refractivity (Wildman–Crippen MR) is 98.6 cm³/mol. The van der Waals surface area contributed by atoms with Crippen LogP contribution in [0, 0.1) is 11.6 Å². The van der Waals surface area contributed by atoms with Crippen LogP contribution in [0.4, 0.5) is 14.7 Å². The molecule has 2 heterocycles. The second-order valence-corrected chi connectivity index (χ2v) is 6.84. The average molecular weight is 388 g/mol. The summed E-state index contributed by atoms with van der Waals surface area (Å²) in [6.07, 6.45) is 2.78. The number of benzene rings is 1. The smallest absolute Gasteiger partial charge is 0.295 e. The van der Waals surface area contributed by atoms with Crippen LogP contribution in [-0.2, 0) is 6.54 Å². The number of aliphatic hydroxyl groups is 1. The van der Waals surface area contributed by atoms with Crippen LogP contribution >= 0.6 is 0 Å². The van der Waals surface area contributed by atoms with Crippen molar-refractivity contribution in [2.24, 2.45) is 0 Å². The molecule has 9 heteroatoms. The van der Waals surface area contributed by atoms with E-state index in [1.165, 1.54) is 23.8 Å². The van der Waals surface area contributed by atoms with Gasteiger partial charge in [0.2, 0.25) is 5.95 Å². The van der Waals surface area contributed by atoms with Crippen molar-refractivity contribution in [2.75, 3.05) is 5.32 Å². The van der Waals surface area contributed by atoms with Crippen molar-refractivity contribution < 1.29 is 18.6 Å². The van der Waals surface area contributed by atoms with Gasteiger partial charge in [0.1, 0.15) is 11.5 Å². The summed E-state index contributed by atoms with van der Waals surface area (Å²) in [5.74, 6) is -1.74. The maximum atomic E-state index is 13.9. The van der Waals surface area contributed by atoms with E-state index in [0.29, 0.717) is 29.1 Å². The number of hydrogen-bond donors (Lipinski definition) is 2. The van der Waals surface area contributed by atoms with Gasteiger partial charge in [-0.1, -0.05) is 0 Å². The van der Waals surface area contributed by atoms with E-state index in [-0.39, 0.29) is 18.0 Å². The van der Waals surface area contributed by atoms with E-state index in [1.807, 2.05) is 0 Å². The number of hydrogen-bond acceptors (Lipinski definition) is 6. The van der Waals surface area contributed by atoms with Gasteiger partial charge in [-0.3, -0.25) is 9.36 Å². The maximum absolute atomic E-state index is 13.9. The molecule has 0 radical (unpaired) electrons. The van der Waals surface area contributed by atoms with Gasteiger partial charge in [0.15, 0.2) is 17.3 Å². The molecule has 2 N–H and O–H groups in total. The quantitative estimate of drug-likeness (QED) is 0.675. The molecule has 1 saturated carbocycles. The van der Waals surface area contributed by atoms with Gasteiger partial charge in [0.25, 0.3) is 5.56 Å². The summed E-state index contributed by atoms with van der Waals surface area (Å²) in [6.45, 7) is 1.51. The normalized spacial score (nSPS) is 14.9. The number of halogens is 2. The first kappa shape index (κ1) is 18.3. The zero-order chi connectivity index (χ0) is 19.8. The molecule has 1 aromatic carbocycles. The third-order valence-electron chi connectivity index (χ3n) is 4.27. The fraction of sp³-hybridized carbons (Fsp3) is 0.316. The van der Waals surface area contributed by atoms with Crippen molar-refractivity contribution in [2.45, 2.75) is 38.5 Å². The molecule has 7 nitrogen and oxygen atoms in total. The summed E-state index contributed by atoms with van der Waals surface area (Å²) in [5, 5.41) is 13.5. The second-order valence-electron chi connectivity index (χ2n) is 6.84. The third-order valence-corrected chi connectivity index (χ3v) is 4.27. The summed E-state index contributed by atoms with van der Waals surface area (Å²) < 4.78 is 33.7. The molecule has 2 aromatic heterocycles. The molecule has 0 amide bonds. The number of anilines is 1. The molecule has 1 unspecified atom stereocenters. The molecule has 146 valence electrons. The van der Waals surface area contributed by atoms with Gasteiger partial charge in [-0.15, -0.1) is 0 Å². The highest BCUT2D eigenvalue weighted by molar-refractivity contribution is 5.77. The number of nitrogens with zero attached hydrogens (tertiary/aromatic N) is 3. The van der Waals surface area contributed by atoms with Crippen LogP contribution in [-0.4, -0.2) is 31.8 Å². The Kier molecular flexibility index (Phi) is 4.68. The Morgan fingerprint density at radius 2 is 2.11 bits per heavy atom. The zero-order valence-corrected chi connectivity index (χ0v) is 15.0. The van der Waals surface area contributed by atoms with Gasteiger partial charge in [0, 0.05) is 23.7 Å². The van der Waals surface area contributed by atoms with Crippen molar-refractivity contribution in [3.05, 3.63) is 52.5 Å². The Bertz CT molecular complexity index is 1100. The molecule has 0 spiro atoms. The monoisotopic (exact) mass is 388 g/mol. The third kappa shape index (κ3) is 3.79. The van der Waals surface area contributed by atoms with E-state index in [2.05, 4.69) is 15.3 Å². The molecule has 0 bridgehead atoms. The number of fused-ring (bicyclic) bond motifs is 1. The summed E-state index contributed by atoms with van der Waals surface area (Å²) in [7, 11) is 0. The van der Waals surface area contributed by atoms with Crippen LogP contribution in [0.15, 0.2) is 35.3 Å². The topological polar surface area (TPSA) is 89.3 Å². The summed E-state index contributed by atoms with van der Waals surface area (Å²) in [5.41, 5.74) is -0.260. The fourth-order valence-electron chi connectivity index (χ4n) is 2.80. The molecule has 3 aromatic rings. The van der Waals surface area contributed by atoms with Crippen LogP contribution in [0.5, 0.6) is 11.5 Å². The highest BCUT2D eigenvalue weighted by Gasteiger charge is 2.23. The van der Waals surface area contributed by atoms with Crippen molar-refractivity contribution in [3.8, 4) is 11.5 Å². The van der Waals surface area contributed by atoms with Gasteiger partial charge in [0.05, 0.1) is 12.6 Å². The highest BCUT2D eigenvalue weighted by atomic mass is 19.1. The Morgan fingerprint density at radius 3 is 2.79 bits per heavy atom. The summed E-state index contributed by atoms with van der Waals surface area (Å²) in [4.78, 5) is 21.5. The van der Waals surface area contributed by atoms with Crippen LogP contribution in [0.2, 0.25) is 0 Å². The van der Waals surface area contributed by atoms with Crippen molar-refractivity contribution in [3.63, 3.8) is 0 Å². The van der Waals surface area contributed by atoms with E-state index < -0.39 is 23.3 Å². The summed E-state index contributed by atoms with van der Waals surface area (Å²) >= 11 is 0. The molecular formula is C19H18F2N4O3. The predicted octanol–water partition coefficient (Wildman–Crippen LogP) is 2.82. The van der Waals surface area contributed by atoms with Gasteiger partial charge in [-0.2, -0.15) is 4.98 Å². The van der Waals surface area contributed by atoms with Crippen LogP contribution in [0.25, 0.3) is 11.0 Å². The lowest BCUT2D eigenvalue weighted by Crippen LogP contribution is -2.27. The lowest BCUT2D eigenvalue weighted by atomic mass is 10.3. The maximum Gasteiger partial charge on any atom is 0.295 e. The van der Waals surface area contributed by atoms with Gasteiger partial charge >= 0.3 is 0 Å². The molecule has 4 rings (SSSR count). The van der Waals surface area contributed by atoms with E-state index in [9.17, 15) is 18.7 Å². The highest BCUT2D eigenvalue weighted by Crippen LogP contribution is 2.26. The van der Waals surface area contributed by atoms with E-state index in [4.69, 9.17) is 4.74 Å². The van der Waals surface area contributed by atoms with E-state index in [1.54, 1.807) is 0 Å². The first-order chi connectivity index (χ1) is 13.4. The summed E-state index contributed by atoms with van der Waals surface area (Å²) in [6, 6.07) is 4.54. The lowest BCUT2D eigenvalue weighted by Gasteiger charge is -2.15. The standard InChI is InChI=1S/C19H18F2N4O3/c1-10(26)9-25-17-11(8-22-19(24-17)23-13-3-4-13)6-16(18(25)27)28-15-5-2-12(20)7-14(15)21/h2,5-8,10,13,26H,3-4,9H2,1H3,(H,22,23,24). The Labute approximate surface area is 158 Å². The molecule has 1 aliphatic carbocycles. The first-order valence-corrected chi connectivity index (χ1v) is 8.89. The first-order valence-electron chi connectivity index (χ1n) is 8.89. The minimum Gasteiger partial charge on any atom is -0.448 e. The molecular weight excluding hydrogens is 370 g/mol. The molecule has 1 aliphatic rings. The largest absolute Gasteiger partial charge is 0.448 e. The SMILES string of the molecule is CC(O)Cn1c(=O)c(Oc2ccc(F)cc2F)cc2cnc(NC3CC3)nc21. The molecule has 28 heavy (non-hydrogen) atoms. The minimum absolute atomic E-state index is 0.0294. The van der Waals surface area contributed by atoms with Crippen molar-refractivity contribution >= 4 is 17.0 Å². The number of nitrogens with one attached hydrogen (secondary N) is 1. The fourth-order valence-corrected chi connectivity index (χ4v) is 2.80. The molecule has 0 saturated heterocycles. The van der Waals surface area contributed by atoms with Crippen LogP contribution in [0.1, 0.15) is 19.8 Å². The van der Waals surface area contributed by atoms with Crippen molar-refractivity contribution in [1.29, 1.82) is 0 Å². The zero-order valence-electron chi connectivity index (χ0n) is 15.0. The van der Waals surface area contributed by atoms with E-state index in [0.717, 1.165) is 25.0 Å². The van der Waals surface area contributed by atoms with Gasteiger partial charge in [-0.25, -0.2) is 13.8 Å². The molecule has 1 fully saturated rings. The number of ether oxygens (including phenoxy) is 1. The lowest BCUT2D eigenvalue weighted by molar-refractivity contribution is 0.173. The van der Waals surface area contributed by atoms with Gasteiger partial charge < -0.3 is 15.2 Å². The average Bonchev–Trinajstić information content (AvgIpc) is 3.45. The van der Waals surface area contributed by atoms with Crippen LogP contribution < -0.4 is 15.6 Å².